The minimum absolute atomic E-state index is 0.119. The lowest BCUT2D eigenvalue weighted by Gasteiger charge is -2.02. The van der Waals surface area contributed by atoms with Gasteiger partial charge in [0.2, 0.25) is 0 Å². The predicted molar refractivity (Wildman–Crippen MR) is 77.0 cm³/mol. The molecule has 3 rings (SSSR count). The molecular formula is C16H14N2O3. The van der Waals surface area contributed by atoms with E-state index in [0.717, 1.165) is 5.75 Å². The van der Waals surface area contributed by atoms with Crippen molar-refractivity contribution in [3.8, 4) is 23.0 Å². The lowest BCUT2D eigenvalue weighted by molar-refractivity contribution is 0.315. The van der Waals surface area contributed by atoms with Crippen molar-refractivity contribution in [2.45, 2.75) is 6.42 Å². The molecule has 0 amide bonds. The van der Waals surface area contributed by atoms with E-state index in [1.54, 1.807) is 24.3 Å². The Hall–Kier alpha value is -2.82. The molecule has 0 aliphatic heterocycles. The fourth-order valence-corrected chi connectivity index (χ4v) is 1.90. The van der Waals surface area contributed by atoms with E-state index >= 15 is 0 Å². The Morgan fingerprint density at radius 1 is 1.00 bits per heavy atom. The van der Waals surface area contributed by atoms with Gasteiger partial charge < -0.3 is 14.4 Å². The zero-order chi connectivity index (χ0) is 14.5. The molecule has 21 heavy (non-hydrogen) atoms. The fourth-order valence-electron chi connectivity index (χ4n) is 1.90. The Labute approximate surface area is 121 Å². The van der Waals surface area contributed by atoms with E-state index in [4.69, 9.17) is 9.26 Å². The highest BCUT2D eigenvalue weighted by Crippen LogP contribution is 2.26. The van der Waals surface area contributed by atoms with Crippen LogP contribution in [0.2, 0.25) is 0 Å². The van der Waals surface area contributed by atoms with E-state index < -0.39 is 0 Å². The molecule has 106 valence electrons. The smallest absolute Gasteiger partial charge is 0.261 e. The summed E-state index contributed by atoms with van der Waals surface area (Å²) in [6.45, 7) is 0.462. The molecule has 3 aromatic rings. The number of benzene rings is 2. The van der Waals surface area contributed by atoms with Gasteiger partial charge in [-0.05, 0) is 24.3 Å². The molecule has 5 heteroatoms. The Bertz CT molecular complexity index is 710. The van der Waals surface area contributed by atoms with Gasteiger partial charge in [0.15, 0.2) is 5.82 Å². The van der Waals surface area contributed by atoms with Crippen molar-refractivity contribution in [1.82, 2.24) is 10.1 Å². The number of rotatable bonds is 5. The zero-order valence-corrected chi connectivity index (χ0v) is 11.3. The van der Waals surface area contributed by atoms with Gasteiger partial charge in [-0.15, -0.1) is 0 Å². The van der Waals surface area contributed by atoms with E-state index in [0.29, 0.717) is 30.3 Å². The Balaban J connectivity index is 1.62. The van der Waals surface area contributed by atoms with Gasteiger partial charge >= 0.3 is 0 Å². The third-order valence-electron chi connectivity index (χ3n) is 2.94. The second-order valence-corrected chi connectivity index (χ2v) is 4.44. The summed E-state index contributed by atoms with van der Waals surface area (Å²) in [5, 5.41) is 13.6. The lowest BCUT2D eigenvalue weighted by atomic mass is 10.2. The summed E-state index contributed by atoms with van der Waals surface area (Å²) in [5.74, 6) is 1.78. The minimum Gasteiger partial charge on any atom is -0.507 e. The normalized spacial score (nSPS) is 10.5. The number of phenols is 1. The molecule has 0 bridgehead atoms. The molecule has 1 aromatic heterocycles. The molecule has 0 aliphatic rings. The van der Waals surface area contributed by atoms with Gasteiger partial charge in [-0.1, -0.05) is 35.5 Å². The van der Waals surface area contributed by atoms with E-state index in [-0.39, 0.29) is 5.75 Å². The van der Waals surface area contributed by atoms with Crippen LogP contribution in [0.5, 0.6) is 11.5 Å². The molecule has 1 N–H and O–H groups in total. The lowest BCUT2D eigenvalue weighted by Crippen LogP contribution is -2.02. The average molecular weight is 282 g/mol. The molecule has 0 aliphatic carbocycles. The first-order valence-electron chi connectivity index (χ1n) is 6.62. The van der Waals surface area contributed by atoms with Gasteiger partial charge in [-0.3, -0.25) is 0 Å². The first-order valence-corrected chi connectivity index (χ1v) is 6.62. The van der Waals surface area contributed by atoms with E-state index in [1.165, 1.54) is 0 Å². The second-order valence-electron chi connectivity index (χ2n) is 4.44. The third kappa shape index (κ3) is 3.20. The molecule has 2 aromatic carbocycles. The Morgan fingerprint density at radius 2 is 1.76 bits per heavy atom. The van der Waals surface area contributed by atoms with Crippen LogP contribution >= 0.6 is 0 Å². The van der Waals surface area contributed by atoms with Gasteiger partial charge in [-0.2, -0.15) is 4.98 Å². The standard InChI is InChI=1S/C16H14N2O3/c19-14-9-5-4-8-13(14)16-17-15(18-21-16)10-11-20-12-6-2-1-3-7-12/h1-9,19H,10-11H2. The van der Waals surface area contributed by atoms with Crippen LogP contribution < -0.4 is 4.74 Å². The summed E-state index contributed by atoms with van der Waals surface area (Å²) in [6, 6.07) is 16.4. The molecule has 0 spiro atoms. The van der Waals surface area contributed by atoms with Crippen molar-refractivity contribution in [3.05, 3.63) is 60.4 Å². The van der Waals surface area contributed by atoms with Crippen LogP contribution in [0.1, 0.15) is 5.82 Å². The topological polar surface area (TPSA) is 68.4 Å². The molecule has 5 nitrogen and oxygen atoms in total. The van der Waals surface area contributed by atoms with E-state index in [2.05, 4.69) is 10.1 Å². The number of nitrogens with zero attached hydrogens (tertiary/aromatic N) is 2. The Morgan fingerprint density at radius 3 is 2.57 bits per heavy atom. The summed E-state index contributed by atoms with van der Waals surface area (Å²) in [6.07, 6.45) is 0.534. The minimum atomic E-state index is 0.119. The number of phenolic OH excluding ortho intramolecular Hbond substituents is 1. The van der Waals surface area contributed by atoms with Gasteiger partial charge in [0.1, 0.15) is 11.5 Å². The number of ether oxygens (including phenoxy) is 1. The van der Waals surface area contributed by atoms with Crippen molar-refractivity contribution in [3.63, 3.8) is 0 Å². The number of para-hydroxylation sites is 2. The summed E-state index contributed by atoms with van der Waals surface area (Å²) in [7, 11) is 0. The monoisotopic (exact) mass is 282 g/mol. The van der Waals surface area contributed by atoms with Gasteiger partial charge in [0.25, 0.3) is 5.89 Å². The van der Waals surface area contributed by atoms with Crippen LogP contribution in [-0.2, 0) is 6.42 Å². The zero-order valence-electron chi connectivity index (χ0n) is 11.3. The molecule has 1 heterocycles. The van der Waals surface area contributed by atoms with Crippen molar-refractivity contribution in [2.75, 3.05) is 6.61 Å². The largest absolute Gasteiger partial charge is 0.507 e. The molecule has 0 radical (unpaired) electrons. The second kappa shape index (κ2) is 6.09. The van der Waals surface area contributed by atoms with Crippen molar-refractivity contribution in [2.24, 2.45) is 0 Å². The maximum absolute atomic E-state index is 9.75. The molecular weight excluding hydrogens is 268 g/mol. The molecule has 0 atom stereocenters. The third-order valence-corrected chi connectivity index (χ3v) is 2.94. The first kappa shape index (κ1) is 13.2. The summed E-state index contributed by atoms with van der Waals surface area (Å²) in [5.41, 5.74) is 0.528. The molecule has 0 fully saturated rings. The summed E-state index contributed by atoms with van der Waals surface area (Å²) >= 11 is 0. The van der Waals surface area contributed by atoms with Crippen LogP contribution in [0.3, 0.4) is 0 Å². The maximum Gasteiger partial charge on any atom is 0.261 e. The van der Waals surface area contributed by atoms with Crippen LogP contribution in [-0.4, -0.2) is 21.9 Å². The van der Waals surface area contributed by atoms with E-state index in [1.807, 2.05) is 30.3 Å². The molecule has 0 saturated carbocycles. The highest BCUT2D eigenvalue weighted by Gasteiger charge is 2.12. The van der Waals surface area contributed by atoms with Crippen LogP contribution in [0.25, 0.3) is 11.5 Å². The van der Waals surface area contributed by atoms with Gasteiger partial charge in [-0.25, -0.2) is 0 Å². The summed E-state index contributed by atoms with van der Waals surface area (Å²) < 4.78 is 10.7. The molecule has 0 saturated heterocycles. The Kier molecular flexibility index (Phi) is 3.82. The average Bonchev–Trinajstić information content (AvgIpc) is 2.97. The van der Waals surface area contributed by atoms with Crippen LogP contribution in [0, 0.1) is 0 Å². The van der Waals surface area contributed by atoms with Crippen molar-refractivity contribution >= 4 is 0 Å². The number of aromatic hydroxyl groups is 1. The van der Waals surface area contributed by atoms with Crippen LogP contribution in [0.15, 0.2) is 59.1 Å². The quantitative estimate of drug-likeness (QED) is 0.779. The van der Waals surface area contributed by atoms with Gasteiger partial charge in [0.05, 0.1) is 12.2 Å². The molecule has 0 unspecified atom stereocenters. The van der Waals surface area contributed by atoms with Crippen LogP contribution in [0.4, 0.5) is 0 Å². The highest BCUT2D eigenvalue weighted by atomic mass is 16.5. The number of hydrogen-bond donors (Lipinski definition) is 1. The number of aromatic nitrogens is 2. The van der Waals surface area contributed by atoms with Crippen molar-refractivity contribution in [1.29, 1.82) is 0 Å². The summed E-state index contributed by atoms with van der Waals surface area (Å²) in [4.78, 5) is 4.25. The highest BCUT2D eigenvalue weighted by molar-refractivity contribution is 5.61. The number of hydrogen-bond acceptors (Lipinski definition) is 5. The van der Waals surface area contributed by atoms with Gasteiger partial charge in [0, 0.05) is 6.42 Å². The first-order chi connectivity index (χ1) is 10.3. The predicted octanol–water partition coefficient (Wildman–Crippen LogP) is 3.06. The van der Waals surface area contributed by atoms with Crippen molar-refractivity contribution < 1.29 is 14.4 Å². The fraction of sp³-hybridized carbons (Fsp3) is 0.125. The SMILES string of the molecule is Oc1ccccc1-c1nc(CCOc2ccccc2)no1. The van der Waals surface area contributed by atoms with E-state index in [9.17, 15) is 5.11 Å². The maximum atomic E-state index is 9.75.